The van der Waals surface area contributed by atoms with Gasteiger partial charge in [0, 0.05) is 73.6 Å². The van der Waals surface area contributed by atoms with Crippen LogP contribution in [0.3, 0.4) is 0 Å². The van der Waals surface area contributed by atoms with Crippen LogP contribution in [0.5, 0.6) is 0 Å². The summed E-state index contributed by atoms with van der Waals surface area (Å²) in [5.41, 5.74) is 2.36. The molecule has 0 aliphatic carbocycles. The molecule has 3 aliphatic rings. The molecule has 0 radical (unpaired) electrons. The smallest absolute Gasteiger partial charge is 0.263 e. The lowest BCUT2D eigenvalue weighted by Gasteiger charge is -2.23. The monoisotopic (exact) mass is 623 g/mol. The predicted molar refractivity (Wildman–Crippen MR) is 165 cm³/mol. The number of benzene rings is 1. The summed E-state index contributed by atoms with van der Waals surface area (Å²) < 4.78 is 40.9. The molecule has 3 fully saturated rings. The number of aromatic nitrogens is 5. The van der Waals surface area contributed by atoms with Crippen molar-refractivity contribution >= 4 is 44.5 Å². The van der Waals surface area contributed by atoms with Crippen LogP contribution in [0.1, 0.15) is 36.1 Å². The van der Waals surface area contributed by atoms with Crippen molar-refractivity contribution in [3.63, 3.8) is 0 Å². The van der Waals surface area contributed by atoms with Crippen LogP contribution in [0.4, 0.5) is 11.6 Å². The first-order valence-electron chi connectivity index (χ1n) is 14.5. The number of imidazole rings is 1. The Balaban J connectivity index is 1.25. The van der Waals surface area contributed by atoms with Gasteiger partial charge in [-0.2, -0.15) is 16.7 Å². The van der Waals surface area contributed by atoms with E-state index in [1.807, 2.05) is 23.9 Å². The Labute approximate surface area is 253 Å². The van der Waals surface area contributed by atoms with E-state index in [0.29, 0.717) is 67.9 Å². The molecule has 12 nitrogen and oxygen atoms in total. The normalized spacial score (nSPS) is 21.8. The van der Waals surface area contributed by atoms with Gasteiger partial charge in [0.25, 0.3) is 5.56 Å². The van der Waals surface area contributed by atoms with Crippen LogP contribution in [0.15, 0.2) is 53.7 Å². The first-order chi connectivity index (χ1) is 21.0. The molecule has 3 saturated heterocycles. The highest BCUT2D eigenvalue weighted by Crippen LogP contribution is 2.32. The van der Waals surface area contributed by atoms with E-state index in [1.54, 1.807) is 16.8 Å². The topological polar surface area (TPSA) is 142 Å². The van der Waals surface area contributed by atoms with E-state index in [-0.39, 0.29) is 23.0 Å². The van der Waals surface area contributed by atoms with Crippen molar-refractivity contribution in [1.82, 2.24) is 28.8 Å². The molecule has 226 valence electrons. The third-order valence-corrected chi connectivity index (χ3v) is 11.7. The molecule has 2 N–H and O–H groups in total. The lowest BCUT2D eigenvalue weighted by molar-refractivity contribution is 0.0982. The molecule has 2 unspecified atom stereocenters. The van der Waals surface area contributed by atoms with Gasteiger partial charge in [-0.3, -0.25) is 9.36 Å². The maximum Gasteiger partial charge on any atom is 0.263 e. The summed E-state index contributed by atoms with van der Waals surface area (Å²) in [6, 6.07) is 9.63. The molecule has 6 heterocycles. The molecule has 7 rings (SSSR count). The summed E-state index contributed by atoms with van der Waals surface area (Å²) in [6.45, 7) is 3.64. The van der Waals surface area contributed by atoms with E-state index in [4.69, 9.17) is 14.5 Å². The molecule has 0 saturated carbocycles. The number of nitrogens with one attached hydrogen (secondary N) is 2. The number of thioether (sulfide) groups is 1. The molecule has 0 bridgehead atoms. The van der Waals surface area contributed by atoms with Crippen LogP contribution < -0.4 is 16.2 Å². The van der Waals surface area contributed by atoms with E-state index in [2.05, 4.69) is 32.7 Å². The van der Waals surface area contributed by atoms with Gasteiger partial charge in [-0.05, 0) is 43.0 Å². The van der Waals surface area contributed by atoms with E-state index in [9.17, 15) is 13.2 Å². The second-order valence-electron chi connectivity index (χ2n) is 10.9. The minimum atomic E-state index is -3.80. The third kappa shape index (κ3) is 5.57. The Morgan fingerprint density at radius 3 is 2.60 bits per heavy atom. The van der Waals surface area contributed by atoms with E-state index >= 15 is 0 Å². The number of rotatable bonds is 7. The Hall–Kier alpha value is -3.30. The Morgan fingerprint density at radius 2 is 1.86 bits per heavy atom. The van der Waals surface area contributed by atoms with Gasteiger partial charge >= 0.3 is 0 Å². The highest BCUT2D eigenvalue weighted by atomic mass is 32.2. The summed E-state index contributed by atoms with van der Waals surface area (Å²) in [5, 5.41) is 7.14. The fourth-order valence-electron chi connectivity index (χ4n) is 5.91. The number of pyridine rings is 1. The lowest BCUT2D eigenvalue weighted by atomic mass is 10.1. The van der Waals surface area contributed by atoms with Gasteiger partial charge in [0.1, 0.15) is 5.65 Å². The van der Waals surface area contributed by atoms with Crippen LogP contribution >= 0.6 is 11.8 Å². The number of hydrogen-bond donors (Lipinski definition) is 2. The summed E-state index contributed by atoms with van der Waals surface area (Å²) in [4.78, 5) is 27.8. The van der Waals surface area contributed by atoms with E-state index < -0.39 is 15.3 Å². The molecule has 3 aliphatic heterocycles. The summed E-state index contributed by atoms with van der Waals surface area (Å²) in [5.74, 6) is 1.54. The fraction of sp³-hybridized carbons (Fsp3) is 0.448. The fourth-order valence-corrected chi connectivity index (χ4v) is 8.77. The zero-order valence-corrected chi connectivity index (χ0v) is 25.1. The van der Waals surface area contributed by atoms with Crippen LogP contribution in [0.2, 0.25) is 0 Å². The maximum absolute atomic E-state index is 14.1. The second-order valence-corrected chi connectivity index (χ2v) is 14.3. The lowest BCUT2D eigenvalue weighted by Crippen LogP contribution is -2.34. The molecule has 0 amide bonds. The average Bonchev–Trinajstić information content (AvgIpc) is 3.76. The van der Waals surface area contributed by atoms with Gasteiger partial charge in [0.05, 0.1) is 23.5 Å². The molecule has 0 spiro atoms. The van der Waals surface area contributed by atoms with Gasteiger partial charge in [-0.25, -0.2) is 22.4 Å². The van der Waals surface area contributed by atoms with Crippen molar-refractivity contribution in [3.8, 4) is 11.4 Å². The Morgan fingerprint density at radius 1 is 1.05 bits per heavy atom. The molecule has 4 aromatic rings. The van der Waals surface area contributed by atoms with Crippen LogP contribution in [-0.4, -0.2) is 82.4 Å². The van der Waals surface area contributed by atoms with Crippen molar-refractivity contribution in [2.24, 2.45) is 0 Å². The van der Waals surface area contributed by atoms with Crippen molar-refractivity contribution < 1.29 is 17.9 Å². The molecule has 2 atom stereocenters. The molecular weight excluding hydrogens is 590 g/mol. The summed E-state index contributed by atoms with van der Waals surface area (Å²) in [6.07, 6.45) is 5.89. The zero-order valence-electron chi connectivity index (χ0n) is 23.5. The van der Waals surface area contributed by atoms with Crippen molar-refractivity contribution in [2.75, 3.05) is 50.6 Å². The number of anilines is 2. The quantitative estimate of drug-likeness (QED) is 0.314. The summed E-state index contributed by atoms with van der Waals surface area (Å²) in [7, 11) is -3.80. The minimum Gasteiger partial charge on any atom is -0.381 e. The molecule has 43 heavy (non-hydrogen) atoms. The molecule has 3 aromatic heterocycles. The van der Waals surface area contributed by atoms with Gasteiger partial charge in [-0.1, -0.05) is 12.1 Å². The van der Waals surface area contributed by atoms with E-state index in [1.165, 1.54) is 18.0 Å². The minimum absolute atomic E-state index is 0.0830. The van der Waals surface area contributed by atoms with Gasteiger partial charge < -0.3 is 20.1 Å². The Kier molecular flexibility index (Phi) is 7.95. The third-order valence-electron chi connectivity index (χ3n) is 8.22. The van der Waals surface area contributed by atoms with Crippen molar-refractivity contribution in [1.29, 1.82) is 0 Å². The highest BCUT2D eigenvalue weighted by molar-refractivity contribution is 7.99. The van der Waals surface area contributed by atoms with E-state index in [0.717, 1.165) is 28.5 Å². The Bertz CT molecular complexity index is 1770. The van der Waals surface area contributed by atoms with Crippen molar-refractivity contribution in [3.05, 3.63) is 64.8 Å². The largest absolute Gasteiger partial charge is 0.381 e. The maximum atomic E-state index is 14.1. The average molecular weight is 624 g/mol. The van der Waals surface area contributed by atoms with Crippen LogP contribution in [-0.2, 0) is 19.5 Å². The number of ether oxygens (including phenoxy) is 2. The van der Waals surface area contributed by atoms with Gasteiger partial charge in [0.2, 0.25) is 16.0 Å². The van der Waals surface area contributed by atoms with Crippen molar-refractivity contribution in [2.45, 2.75) is 35.8 Å². The summed E-state index contributed by atoms with van der Waals surface area (Å²) >= 11 is 1.96. The first kappa shape index (κ1) is 28.5. The number of nitrogens with zero attached hydrogens (tertiary/aromatic N) is 5. The first-order valence-corrected chi connectivity index (χ1v) is 17.1. The molecule has 14 heteroatoms. The van der Waals surface area contributed by atoms with Gasteiger partial charge in [-0.15, -0.1) is 0 Å². The highest BCUT2D eigenvalue weighted by Gasteiger charge is 2.33. The predicted octanol–water partition coefficient (Wildman–Crippen LogP) is 3.09. The second kappa shape index (κ2) is 12.0. The molecular formula is C29H33N7O5S2. The molecule has 1 aromatic carbocycles. The number of hydrogen-bond acceptors (Lipinski definition) is 11. The zero-order chi connectivity index (χ0) is 29.4. The standard InChI is InChI=1S/C29H33N7O5S2/c37-28-24(27-31-8-10-35(27)43(38,39)23-6-12-40-13-7-23)15-20-16-32-29(34-26(20)36(28)22-5-11-41-18-22)33-21-3-1-19(2-4-21)25-17-30-9-14-42-25/h1-4,8,10,15-16,22-23,25,30H,5-7,9,11-14,17-18H2,(H,32,33,34). The SMILES string of the molecule is O=c1c(-c2nccn2S(=O)(=O)C2CCOCC2)cc2cnc(Nc3ccc(C4CNCCS4)cc3)nc2n1C1CCOC1. The van der Waals surface area contributed by atoms with Crippen LogP contribution in [0.25, 0.3) is 22.4 Å². The van der Waals surface area contributed by atoms with Crippen LogP contribution in [0, 0.1) is 0 Å². The number of fused-ring (bicyclic) bond motifs is 1. The van der Waals surface area contributed by atoms with Gasteiger partial charge in [0.15, 0.2) is 5.82 Å².